The van der Waals surface area contributed by atoms with Crippen molar-refractivity contribution in [3.8, 4) is 0 Å². The second-order valence-corrected chi connectivity index (χ2v) is 14.5. The molecule has 6 rings (SSSR count). The number of alkyl halides is 3. The van der Waals surface area contributed by atoms with E-state index in [4.69, 9.17) is 19.8 Å². The molecule has 18 nitrogen and oxygen atoms in total. The fourth-order valence-electron chi connectivity index (χ4n) is 6.50. The van der Waals surface area contributed by atoms with Crippen molar-refractivity contribution < 1.29 is 73.8 Å². The lowest BCUT2D eigenvalue weighted by Gasteiger charge is -2.16. The number of aryl methyl sites for hydroxylation is 1. The van der Waals surface area contributed by atoms with Crippen LogP contribution in [0.25, 0.3) is 21.8 Å². The van der Waals surface area contributed by atoms with Crippen LogP contribution in [0.5, 0.6) is 0 Å². The molecule has 338 valence electrons. The van der Waals surface area contributed by atoms with Gasteiger partial charge >= 0.3 is 18.1 Å². The minimum absolute atomic E-state index is 0.117. The molecule has 2 aromatic carbocycles. The van der Waals surface area contributed by atoms with Crippen LogP contribution in [0, 0.1) is 6.92 Å². The minimum atomic E-state index is -4.54. The number of aromatic amines is 2. The number of rotatable bonds is 14. The highest BCUT2D eigenvalue weighted by Crippen LogP contribution is 2.35. The Kier molecular flexibility index (Phi) is 18.5. The second kappa shape index (κ2) is 23.2. The van der Waals surface area contributed by atoms with Gasteiger partial charge in [0.05, 0.1) is 11.1 Å². The lowest BCUT2D eigenvalue weighted by molar-refractivity contribution is -0.403. The van der Waals surface area contributed by atoms with Crippen molar-refractivity contribution in [1.29, 1.82) is 0 Å². The molecule has 0 spiro atoms. The highest BCUT2D eigenvalue weighted by Gasteiger charge is 2.34. The summed E-state index contributed by atoms with van der Waals surface area (Å²) in [6.07, 6.45) is 7.67. The maximum absolute atomic E-state index is 13.2. The Labute approximate surface area is 358 Å². The predicted molar refractivity (Wildman–Crippen MR) is 219 cm³/mol. The van der Waals surface area contributed by atoms with Crippen molar-refractivity contribution in [2.24, 2.45) is 9.98 Å². The third-order valence-electron chi connectivity index (χ3n) is 9.37. The summed E-state index contributed by atoms with van der Waals surface area (Å²) in [4.78, 5) is 79.5. The summed E-state index contributed by atoms with van der Waals surface area (Å²) < 4.78 is 39.5. The zero-order valence-corrected chi connectivity index (χ0v) is 34.6. The van der Waals surface area contributed by atoms with Crippen molar-refractivity contribution in [3.63, 3.8) is 0 Å². The van der Waals surface area contributed by atoms with Crippen molar-refractivity contribution in [2.45, 2.75) is 89.6 Å². The first-order valence-corrected chi connectivity index (χ1v) is 19.3. The van der Waals surface area contributed by atoms with Crippen LogP contribution in [0.1, 0.15) is 61.8 Å². The van der Waals surface area contributed by atoms with Gasteiger partial charge in [-0.05, 0) is 60.7 Å². The molecule has 0 saturated carbocycles. The van der Waals surface area contributed by atoms with Gasteiger partial charge in [-0.1, -0.05) is 24.3 Å². The Bertz CT molecular complexity index is 2400. The number of aliphatic imine (C=N–C) groups is 2. The third-order valence-corrected chi connectivity index (χ3v) is 9.37. The topological polar surface area (TPSA) is 325 Å². The van der Waals surface area contributed by atoms with E-state index in [0.29, 0.717) is 24.8 Å². The Morgan fingerprint density at radius 3 is 1.65 bits per heavy atom. The maximum Gasteiger partial charge on any atom is 0.418 e. The number of aromatic nitrogens is 2. The fraction of sp³-hybridized carbons (Fsp3) is 0.333. The van der Waals surface area contributed by atoms with Crippen molar-refractivity contribution >= 4 is 69.9 Å². The molecule has 4 aromatic rings. The average Bonchev–Trinajstić information content (AvgIpc) is 4.03. The van der Waals surface area contributed by atoms with Gasteiger partial charge in [-0.15, -0.1) is 0 Å². The third kappa shape index (κ3) is 15.7. The van der Waals surface area contributed by atoms with Crippen LogP contribution in [0.4, 0.5) is 13.2 Å². The Balaban J connectivity index is 0.000000288. The summed E-state index contributed by atoms with van der Waals surface area (Å²) in [5.41, 5.74) is 11.9. The molecule has 2 aliphatic heterocycles. The van der Waals surface area contributed by atoms with Crippen molar-refractivity contribution in [3.05, 3.63) is 94.6 Å². The normalized spacial score (nSPS) is 14.6. The van der Waals surface area contributed by atoms with E-state index < -0.39 is 65.7 Å². The Morgan fingerprint density at radius 2 is 1.21 bits per heavy atom. The fourth-order valence-corrected chi connectivity index (χ4v) is 6.50. The number of nitrogens with zero attached hydrogens (tertiary/aromatic N) is 2. The number of fused-ring (bicyclic) bond motifs is 2. The number of carbonyl (C=O) groups is 6. The number of carboxylic acids is 4. The van der Waals surface area contributed by atoms with Gasteiger partial charge in [-0.3, -0.25) is 19.6 Å². The van der Waals surface area contributed by atoms with Crippen molar-refractivity contribution in [1.82, 2.24) is 20.6 Å². The number of carboxylic acid groups (broad SMARTS) is 4. The molecule has 0 fully saturated rings. The number of halogens is 3. The van der Waals surface area contributed by atoms with Gasteiger partial charge in [0.25, 0.3) is 11.8 Å². The molecule has 63 heavy (non-hydrogen) atoms. The van der Waals surface area contributed by atoms with Crippen LogP contribution in [-0.4, -0.2) is 92.5 Å². The molecule has 2 aliphatic rings. The number of carbonyl (C=O) groups excluding carboxylic acids is 4. The molecule has 0 radical (unpaired) electrons. The van der Waals surface area contributed by atoms with Gasteiger partial charge in [-0.2, -0.15) is 13.2 Å². The molecule has 2 aromatic heterocycles. The molecular weight excluding hydrogens is 834 g/mol. The van der Waals surface area contributed by atoms with Crippen molar-refractivity contribution in [2.75, 3.05) is 0 Å². The summed E-state index contributed by atoms with van der Waals surface area (Å²) in [6, 6.07) is 6.03. The quantitative estimate of drug-likeness (QED) is 0.0846. The monoisotopic (exact) mass is 882 g/mol. The summed E-state index contributed by atoms with van der Waals surface area (Å²) in [7, 11) is 0. The summed E-state index contributed by atoms with van der Waals surface area (Å²) in [5.74, 6) is -5.41. The lowest BCUT2D eigenvalue weighted by Crippen LogP contribution is -2.68. The average molecular weight is 883 g/mol. The van der Waals surface area contributed by atoms with Crippen LogP contribution >= 0.6 is 0 Å². The van der Waals surface area contributed by atoms with E-state index in [9.17, 15) is 42.6 Å². The zero-order valence-electron chi connectivity index (χ0n) is 34.6. The molecular formula is C42H49F3N8O10. The van der Waals surface area contributed by atoms with Crippen LogP contribution in [0.3, 0.4) is 0 Å². The number of hydrogen-bond acceptors (Lipinski definition) is 10. The van der Waals surface area contributed by atoms with Crippen LogP contribution in [-0.2, 0) is 47.8 Å². The molecule has 21 heteroatoms. The van der Waals surface area contributed by atoms with Gasteiger partial charge in [0.1, 0.15) is 12.1 Å². The zero-order chi connectivity index (χ0) is 47.0. The van der Waals surface area contributed by atoms with E-state index in [-0.39, 0.29) is 29.7 Å². The molecule has 0 bridgehead atoms. The largest absolute Gasteiger partial charge is 0.550 e. The molecule has 2 amide bonds. The Hall–Kier alpha value is -7.13. The first-order chi connectivity index (χ1) is 29.6. The maximum atomic E-state index is 13.2. The first-order valence-electron chi connectivity index (χ1n) is 19.3. The van der Waals surface area contributed by atoms with Crippen LogP contribution in [0.2, 0.25) is 0 Å². The molecule has 12 N–H and O–H groups in total. The van der Waals surface area contributed by atoms with E-state index in [2.05, 4.69) is 42.1 Å². The molecule has 0 saturated heterocycles. The minimum Gasteiger partial charge on any atom is -0.550 e. The number of nitrogens with one attached hydrogen (secondary N) is 4. The van der Waals surface area contributed by atoms with E-state index in [1.165, 1.54) is 18.3 Å². The predicted octanol–water partition coefficient (Wildman–Crippen LogP) is 0.117. The van der Waals surface area contributed by atoms with E-state index in [1.807, 2.05) is 31.3 Å². The van der Waals surface area contributed by atoms with Gasteiger partial charge in [0, 0.05) is 104 Å². The summed E-state index contributed by atoms with van der Waals surface area (Å²) in [6.45, 7) is 3.93. The summed E-state index contributed by atoms with van der Waals surface area (Å²) in [5, 5.41) is 43.1. The smallest absolute Gasteiger partial charge is 0.418 e. The van der Waals surface area contributed by atoms with Gasteiger partial charge < -0.3 is 62.1 Å². The van der Waals surface area contributed by atoms with E-state index in [0.717, 1.165) is 59.5 Å². The van der Waals surface area contributed by atoms with Crippen LogP contribution in [0.15, 0.2) is 82.3 Å². The molecule has 4 atom stereocenters. The number of hydrogen-bond donors (Lipinski definition) is 8. The molecule has 4 heterocycles. The number of benzene rings is 2. The number of amides is 2. The molecule has 0 aliphatic carbocycles. The lowest BCUT2D eigenvalue weighted by atomic mass is 10.0. The SMILES string of the molecule is CC(=O)[O-].CC(=O)[O-].Cc1cccc2[nH]cc(C[C@H](NC(=O)[C@@H]([NH3+])CC3=CN=CC3)C(=O)O)c12.[NH3+][C@@H](CC1=CN=CC1)C(=O)N[C@@H](Cc1c[nH]c2c(C(F)(F)F)cccc12)C(=O)O. The second-order valence-electron chi connectivity index (χ2n) is 14.5. The number of quaternary nitrogens is 2. The summed E-state index contributed by atoms with van der Waals surface area (Å²) >= 11 is 0. The first kappa shape index (κ1) is 50.2. The van der Waals surface area contributed by atoms with Gasteiger partial charge in [-0.25, -0.2) is 9.59 Å². The highest BCUT2D eigenvalue weighted by atomic mass is 19.4. The highest BCUT2D eigenvalue weighted by molar-refractivity contribution is 5.91. The Morgan fingerprint density at radius 1 is 0.746 bits per heavy atom. The van der Waals surface area contributed by atoms with Gasteiger partial charge in [0.15, 0.2) is 12.1 Å². The number of H-pyrrole nitrogens is 2. The molecule has 0 unspecified atom stereocenters. The van der Waals surface area contributed by atoms with Gasteiger partial charge in [0.2, 0.25) is 0 Å². The number of para-hydroxylation sites is 1. The number of aliphatic carboxylic acids is 4. The van der Waals surface area contributed by atoms with E-state index >= 15 is 0 Å². The van der Waals surface area contributed by atoms with E-state index in [1.54, 1.807) is 24.8 Å². The standard InChI is InChI=1S/C19H19F3N4O3.C19H22N4O3.2C2H4O2/c20-19(21,22)13-3-1-2-12-11(9-25-16(12)13)7-15(18(28)29)26-17(27)14(23)6-10-4-5-24-8-10;1-11-3-2-4-15-17(11)13(10-22-15)8-16(19(25)26)23-18(24)14(20)7-12-5-6-21-9-12;2*1-2(3)4/h1-3,5,8-9,14-15,25H,4,6-7,23H2,(H,26,27)(H,28,29);2-4,6,9-10,14,16,22H,5,7-8,20H2,1H3,(H,23,24)(H,25,26);2*1H3,(H,3,4)/t14-,15-;14-,16-;;/m00../s1. The van der Waals surface area contributed by atoms with Crippen LogP contribution < -0.4 is 32.3 Å².